The van der Waals surface area contributed by atoms with Crippen molar-refractivity contribution < 1.29 is 0 Å². The van der Waals surface area contributed by atoms with Gasteiger partial charge in [-0.25, -0.2) is 0 Å². The molecule has 0 aromatic carbocycles. The number of hydrogen-bond donors (Lipinski definition) is 1. The quantitative estimate of drug-likeness (QED) is 0.623. The molecule has 1 nitrogen and oxygen atoms in total. The van der Waals surface area contributed by atoms with Gasteiger partial charge in [0.05, 0.1) is 0 Å². The predicted octanol–water partition coefficient (Wildman–Crippen LogP) is 4.58. The fourth-order valence-electron chi connectivity index (χ4n) is 2.57. The van der Waals surface area contributed by atoms with Crippen LogP contribution in [0.5, 0.6) is 0 Å². The van der Waals surface area contributed by atoms with Crippen molar-refractivity contribution in [1.82, 2.24) is 5.32 Å². The molecule has 0 aromatic heterocycles. The molecule has 1 N–H and O–H groups in total. The molecule has 1 heteroatoms. The summed E-state index contributed by atoms with van der Waals surface area (Å²) in [6, 6.07) is 0. The fourth-order valence-corrected chi connectivity index (χ4v) is 2.57. The largest absolute Gasteiger partial charge is 0.316 e. The third-order valence-electron chi connectivity index (χ3n) is 3.64. The van der Waals surface area contributed by atoms with Gasteiger partial charge in [0.1, 0.15) is 0 Å². The fraction of sp³-hybridized carbons (Fsp3) is 1.00. The third-order valence-corrected chi connectivity index (χ3v) is 3.64. The zero-order valence-electron chi connectivity index (χ0n) is 13.2. The molecule has 0 spiro atoms. The van der Waals surface area contributed by atoms with Crippen LogP contribution >= 0.6 is 0 Å². The molecule has 0 fully saturated rings. The molecule has 0 amide bonds. The van der Waals surface area contributed by atoms with Gasteiger partial charge < -0.3 is 5.32 Å². The Morgan fingerprint density at radius 3 is 1.71 bits per heavy atom. The Bertz CT molecular complexity index is 174. The molecule has 0 aromatic rings. The van der Waals surface area contributed by atoms with Crippen LogP contribution in [0, 0.1) is 29.6 Å². The first-order chi connectivity index (χ1) is 7.82. The SMILES string of the molecule is CC(C)CNCC(C)C(C)CC(C)CC(C)C. The van der Waals surface area contributed by atoms with Crippen molar-refractivity contribution in [2.75, 3.05) is 13.1 Å². The van der Waals surface area contributed by atoms with Gasteiger partial charge in [-0.15, -0.1) is 0 Å². The summed E-state index contributed by atoms with van der Waals surface area (Å²) in [5.41, 5.74) is 0. The van der Waals surface area contributed by atoms with Crippen LogP contribution in [-0.2, 0) is 0 Å². The molecule has 104 valence electrons. The first-order valence-electron chi connectivity index (χ1n) is 7.53. The van der Waals surface area contributed by atoms with E-state index in [0.29, 0.717) is 0 Å². The minimum absolute atomic E-state index is 0.761. The van der Waals surface area contributed by atoms with E-state index in [9.17, 15) is 0 Å². The summed E-state index contributed by atoms with van der Waals surface area (Å²) in [6.45, 7) is 18.7. The summed E-state index contributed by atoms with van der Waals surface area (Å²) in [6.07, 6.45) is 2.75. The first kappa shape index (κ1) is 17.0. The first-order valence-corrected chi connectivity index (χ1v) is 7.53. The Balaban J connectivity index is 3.76. The maximum atomic E-state index is 3.58. The van der Waals surface area contributed by atoms with Crippen LogP contribution < -0.4 is 5.32 Å². The Labute approximate surface area is 110 Å². The second-order valence-corrected chi connectivity index (χ2v) is 6.98. The lowest BCUT2D eigenvalue weighted by Gasteiger charge is -2.24. The third kappa shape index (κ3) is 9.64. The Hall–Kier alpha value is -0.0400. The van der Waals surface area contributed by atoms with Gasteiger partial charge in [-0.3, -0.25) is 0 Å². The van der Waals surface area contributed by atoms with Crippen LogP contribution in [0.15, 0.2) is 0 Å². The molecule has 0 saturated heterocycles. The number of rotatable bonds is 9. The van der Waals surface area contributed by atoms with Gasteiger partial charge in [0, 0.05) is 0 Å². The van der Waals surface area contributed by atoms with E-state index in [0.717, 1.165) is 36.1 Å². The van der Waals surface area contributed by atoms with Crippen molar-refractivity contribution >= 4 is 0 Å². The average Bonchev–Trinajstić information content (AvgIpc) is 2.15. The predicted molar refractivity (Wildman–Crippen MR) is 79.3 cm³/mol. The summed E-state index contributed by atoms with van der Waals surface area (Å²) < 4.78 is 0. The lowest BCUT2D eigenvalue weighted by atomic mass is 9.84. The van der Waals surface area contributed by atoms with E-state index in [2.05, 4.69) is 53.8 Å². The highest BCUT2D eigenvalue weighted by molar-refractivity contribution is 4.69. The Morgan fingerprint density at radius 2 is 1.24 bits per heavy atom. The van der Waals surface area contributed by atoms with E-state index >= 15 is 0 Å². The molecule has 3 unspecified atom stereocenters. The van der Waals surface area contributed by atoms with Gasteiger partial charge in [0.25, 0.3) is 0 Å². The maximum Gasteiger partial charge on any atom is -0.00205 e. The van der Waals surface area contributed by atoms with Crippen molar-refractivity contribution in [3.05, 3.63) is 0 Å². The smallest absolute Gasteiger partial charge is 0.00205 e. The van der Waals surface area contributed by atoms with Crippen molar-refractivity contribution in [2.45, 2.75) is 61.3 Å². The van der Waals surface area contributed by atoms with Crippen molar-refractivity contribution in [2.24, 2.45) is 29.6 Å². The number of hydrogen-bond acceptors (Lipinski definition) is 1. The highest BCUT2D eigenvalue weighted by atomic mass is 14.9. The van der Waals surface area contributed by atoms with Crippen LogP contribution in [0.3, 0.4) is 0 Å². The highest BCUT2D eigenvalue weighted by Crippen LogP contribution is 2.24. The van der Waals surface area contributed by atoms with Crippen LogP contribution in [0.4, 0.5) is 0 Å². The summed E-state index contributed by atoms with van der Waals surface area (Å²) in [5, 5.41) is 3.58. The van der Waals surface area contributed by atoms with Crippen molar-refractivity contribution in [3.8, 4) is 0 Å². The van der Waals surface area contributed by atoms with Crippen molar-refractivity contribution in [3.63, 3.8) is 0 Å². The van der Waals surface area contributed by atoms with Crippen LogP contribution in [0.25, 0.3) is 0 Å². The van der Waals surface area contributed by atoms with Gasteiger partial charge in [-0.2, -0.15) is 0 Å². The molecule has 0 aliphatic heterocycles. The molecule has 0 aliphatic carbocycles. The normalized spacial score (nSPS) is 17.5. The topological polar surface area (TPSA) is 12.0 Å². The second-order valence-electron chi connectivity index (χ2n) is 6.98. The van der Waals surface area contributed by atoms with Crippen molar-refractivity contribution in [1.29, 1.82) is 0 Å². The van der Waals surface area contributed by atoms with Crippen LogP contribution in [0.2, 0.25) is 0 Å². The summed E-state index contributed by atoms with van der Waals surface area (Å²) >= 11 is 0. The minimum Gasteiger partial charge on any atom is -0.316 e. The van der Waals surface area contributed by atoms with Gasteiger partial charge >= 0.3 is 0 Å². The maximum absolute atomic E-state index is 3.58. The standard InChI is InChI=1S/C16H35N/c1-12(2)8-14(5)9-15(6)16(7)11-17-10-13(3)4/h12-17H,8-11H2,1-7H3. The second kappa shape index (κ2) is 8.97. The van der Waals surface area contributed by atoms with Gasteiger partial charge in [-0.05, 0) is 55.5 Å². The molecule has 3 atom stereocenters. The minimum atomic E-state index is 0.761. The molecule has 0 radical (unpaired) electrons. The number of nitrogens with one attached hydrogen (secondary N) is 1. The average molecular weight is 241 g/mol. The molecular weight excluding hydrogens is 206 g/mol. The molecule has 0 rings (SSSR count). The molecular formula is C16H35N. The van der Waals surface area contributed by atoms with Crippen LogP contribution in [0.1, 0.15) is 61.3 Å². The van der Waals surface area contributed by atoms with E-state index in [-0.39, 0.29) is 0 Å². The van der Waals surface area contributed by atoms with Gasteiger partial charge in [-0.1, -0.05) is 48.5 Å². The van der Waals surface area contributed by atoms with E-state index < -0.39 is 0 Å². The molecule has 0 bridgehead atoms. The molecule has 0 heterocycles. The van der Waals surface area contributed by atoms with Crippen LogP contribution in [-0.4, -0.2) is 13.1 Å². The zero-order valence-corrected chi connectivity index (χ0v) is 13.2. The molecule has 0 aliphatic rings. The van der Waals surface area contributed by atoms with Gasteiger partial charge in [0.15, 0.2) is 0 Å². The molecule has 0 saturated carbocycles. The molecule has 17 heavy (non-hydrogen) atoms. The lowest BCUT2D eigenvalue weighted by molar-refractivity contribution is 0.279. The van der Waals surface area contributed by atoms with E-state index in [1.54, 1.807) is 0 Å². The van der Waals surface area contributed by atoms with E-state index in [4.69, 9.17) is 0 Å². The highest BCUT2D eigenvalue weighted by Gasteiger charge is 2.16. The Morgan fingerprint density at radius 1 is 0.647 bits per heavy atom. The Kier molecular flexibility index (Phi) is 8.94. The monoisotopic (exact) mass is 241 g/mol. The summed E-state index contributed by atoms with van der Waals surface area (Å²) in [7, 11) is 0. The van der Waals surface area contributed by atoms with E-state index in [1.165, 1.54) is 19.4 Å². The lowest BCUT2D eigenvalue weighted by Crippen LogP contribution is -2.28. The van der Waals surface area contributed by atoms with E-state index in [1.807, 2.05) is 0 Å². The van der Waals surface area contributed by atoms with Gasteiger partial charge in [0.2, 0.25) is 0 Å². The zero-order chi connectivity index (χ0) is 13.4. The summed E-state index contributed by atoms with van der Waals surface area (Å²) in [4.78, 5) is 0. The summed E-state index contributed by atoms with van der Waals surface area (Å²) in [5.74, 6) is 4.10.